The van der Waals surface area contributed by atoms with Gasteiger partial charge in [0, 0.05) is 17.3 Å². The summed E-state index contributed by atoms with van der Waals surface area (Å²) in [6, 6.07) is 10.6. The summed E-state index contributed by atoms with van der Waals surface area (Å²) in [6.07, 6.45) is -3.29. The lowest BCUT2D eigenvalue weighted by molar-refractivity contribution is -0.137. The van der Waals surface area contributed by atoms with Gasteiger partial charge in [-0.3, -0.25) is 14.2 Å². The number of halogens is 4. The van der Waals surface area contributed by atoms with Gasteiger partial charge in [0.1, 0.15) is 12.4 Å². The summed E-state index contributed by atoms with van der Waals surface area (Å²) < 4.78 is 51.6. The third kappa shape index (κ3) is 4.61. The van der Waals surface area contributed by atoms with Crippen LogP contribution in [0.2, 0.25) is 0 Å². The van der Waals surface area contributed by atoms with Crippen molar-refractivity contribution in [2.24, 2.45) is 0 Å². The summed E-state index contributed by atoms with van der Waals surface area (Å²) in [6.45, 7) is -0.365. The molecule has 144 valence electrons. The Hall–Kier alpha value is -3.49. The molecule has 28 heavy (non-hydrogen) atoms. The minimum Gasteiger partial charge on any atom is -0.325 e. The third-order valence-corrected chi connectivity index (χ3v) is 3.83. The Bertz CT molecular complexity index is 1040. The van der Waals surface area contributed by atoms with Crippen LogP contribution < -0.4 is 10.9 Å². The molecule has 0 aliphatic heterocycles. The smallest absolute Gasteiger partial charge is 0.325 e. The molecule has 9 heteroatoms. The molecule has 0 saturated heterocycles. The van der Waals surface area contributed by atoms with E-state index in [0.717, 1.165) is 28.8 Å². The maximum atomic E-state index is 13.0. The van der Waals surface area contributed by atoms with E-state index in [0.29, 0.717) is 11.3 Å². The van der Waals surface area contributed by atoms with Crippen LogP contribution in [0, 0.1) is 5.82 Å². The number of aromatic nitrogens is 2. The van der Waals surface area contributed by atoms with Crippen molar-refractivity contribution < 1.29 is 22.4 Å². The molecule has 5 nitrogen and oxygen atoms in total. The molecule has 0 atom stereocenters. The first kappa shape index (κ1) is 19.3. The number of carbonyl (C=O) groups excluding carboxylic acids is 1. The highest BCUT2D eigenvalue weighted by molar-refractivity contribution is 5.90. The average Bonchev–Trinajstić information content (AvgIpc) is 2.64. The maximum Gasteiger partial charge on any atom is 0.416 e. The predicted molar refractivity (Wildman–Crippen MR) is 94.0 cm³/mol. The fourth-order valence-electron chi connectivity index (χ4n) is 2.42. The fraction of sp³-hybridized carbons (Fsp3) is 0.105. The number of benzene rings is 2. The Morgan fingerprint density at radius 1 is 1.04 bits per heavy atom. The zero-order valence-electron chi connectivity index (χ0n) is 14.2. The van der Waals surface area contributed by atoms with Gasteiger partial charge in [0.15, 0.2) is 0 Å². The van der Waals surface area contributed by atoms with E-state index in [4.69, 9.17) is 0 Å². The van der Waals surface area contributed by atoms with Crippen LogP contribution in [0.4, 0.5) is 23.2 Å². The second-order valence-electron chi connectivity index (χ2n) is 5.87. The fourth-order valence-corrected chi connectivity index (χ4v) is 2.42. The zero-order valence-corrected chi connectivity index (χ0v) is 14.2. The topological polar surface area (TPSA) is 64.0 Å². The lowest BCUT2D eigenvalue weighted by Gasteiger charge is -2.10. The van der Waals surface area contributed by atoms with E-state index in [1.54, 1.807) is 0 Å². The number of amides is 1. The molecule has 3 rings (SSSR count). The normalized spacial score (nSPS) is 11.3. The molecule has 1 heterocycles. The van der Waals surface area contributed by atoms with E-state index < -0.39 is 29.0 Å². The van der Waals surface area contributed by atoms with E-state index >= 15 is 0 Å². The van der Waals surface area contributed by atoms with Gasteiger partial charge >= 0.3 is 6.18 Å². The van der Waals surface area contributed by atoms with Gasteiger partial charge < -0.3 is 5.32 Å². The number of rotatable bonds is 4. The standard InChI is InChI=1S/C19H13F4N3O2/c20-14-5-1-12(2-6-14)16-9-18(28)26(11-24-16)10-17(27)25-15-7-3-13(4-8-15)19(21,22)23/h1-9,11H,10H2,(H,25,27). The molecule has 0 aliphatic carbocycles. The lowest BCUT2D eigenvalue weighted by Crippen LogP contribution is -2.27. The molecular weight excluding hydrogens is 378 g/mol. The molecular formula is C19H13F4N3O2. The molecule has 0 spiro atoms. The van der Waals surface area contributed by atoms with Crippen molar-refractivity contribution in [3.8, 4) is 11.3 Å². The number of hydrogen-bond donors (Lipinski definition) is 1. The Balaban J connectivity index is 1.69. The third-order valence-electron chi connectivity index (χ3n) is 3.83. The van der Waals surface area contributed by atoms with Crippen LogP contribution in [-0.2, 0) is 17.5 Å². The van der Waals surface area contributed by atoms with Crippen molar-refractivity contribution in [3.63, 3.8) is 0 Å². The molecule has 2 aromatic carbocycles. The van der Waals surface area contributed by atoms with Crippen LogP contribution in [0.25, 0.3) is 11.3 Å². The van der Waals surface area contributed by atoms with E-state index in [2.05, 4.69) is 10.3 Å². The summed E-state index contributed by atoms with van der Waals surface area (Å²) in [5, 5.41) is 2.41. The van der Waals surface area contributed by atoms with Crippen LogP contribution in [0.15, 0.2) is 65.7 Å². The molecule has 0 unspecified atom stereocenters. The Morgan fingerprint density at radius 2 is 1.68 bits per heavy atom. The highest BCUT2D eigenvalue weighted by Crippen LogP contribution is 2.29. The van der Waals surface area contributed by atoms with Crippen LogP contribution in [-0.4, -0.2) is 15.5 Å². The minimum absolute atomic E-state index is 0.168. The molecule has 1 amide bonds. The van der Waals surface area contributed by atoms with E-state index in [1.807, 2.05) is 0 Å². The van der Waals surface area contributed by atoms with Gasteiger partial charge in [-0.1, -0.05) is 0 Å². The summed E-state index contributed by atoms with van der Waals surface area (Å²) in [5.41, 5.74) is -0.301. The Morgan fingerprint density at radius 3 is 2.25 bits per heavy atom. The SMILES string of the molecule is O=C(Cn1cnc(-c2ccc(F)cc2)cc1=O)Nc1ccc(C(F)(F)F)cc1. The van der Waals surface area contributed by atoms with Gasteiger partial charge in [-0.25, -0.2) is 9.37 Å². The summed E-state index contributed by atoms with van der Waals surface area (Å²) in [7, 11) is 0. The molecule has 1 aromatic heterocycles. The first-order valence-electron chi connectivity index (χ1n) is 8.02. The lowest BCUT2D eigenvalue weighted by atomic mass is 10.1. The quantitative estimate of drug-likeness (QED) is 0.690. The van der Waals surface area contributed by atoms with Crippen LogP contribution >= 0.6 is 0 Å². The first-order valence-corrected chi connectivity index (χ1v) is 8.02. The van der Waals surface area contributed by atoms with Gasteiger partial charge in [0.2, 0.25) is 5.91 Å². The van der Waals surface area contributed by atoms with Crippen LogP contribution in [0.3, 0.4) is 0 Å². The van der Waals surface area contributed by atoms with Crippen LogP contribution in [0.1, 0.15) is 5.56 Å². The number of anilines is 1. The number of nitrogens with one attached hydrogen (secondary N) is 1. The van der Waals surface area contributed by atoms with E-state index in [-0.39, 0.29) is 12.2 Å². The first-order chi connectivity index (χ1) is 13.2. The van der Waals surface area contributed by atoms with Crippen molar-refractivity contribution >= 4 is 11.6 Å². The van der Waals surface area contributed by atoms with Crippen molar-refractivity contribution in [3.05, 3.63) is 82.7 Å². The second-order valence-corrected chi connectivity index (χ2v) is 5.87. The molecule has 0 saturated carbocycles. The second kappa shape index (κ2) is 7.63. The predicted octanol–water partition coefficient (Wildman–Crippen LogP) is 3.71. The van der Waals surface area contributed by atoms with Gasteiger partial charge in [-0.15, -0.1) is 0 Å². The number of hydrogen-bond acceptors (Lipinski definition) is 3. The highest BCUT2D eigenvalue weighted by atomic mass is 19.4. The Kier molecular flexibility index (Phi) is 5.25. The van der Waals surface area contributed by atoms with Crippen molar-refractivity contribution in [1.82, 2.24) is 9.55 Å². The highest BCUT2D eigenvalue weighted by Gasteiger charge is 2.29. The van der Waals surface area contributed by atoms with E-state index in [9.17, 15) is 27.2 Å². The summed E-state index contributed by atoms with van der Waals surface area (Å²) >= 11 is 0. The molecule has 0 bridgehead atoms. The molecule has 3 aromatic rings. The average molecular weight is 391 g/mol. The zero-order chi connectivity index (χ0) is 20.3. The molecule has 0 fully saturated rings. The monoisotopic (exact) mass is 391 g/mol. The van der Waals surface area contributed by atoms with Gasteiger partial charge in [-0.05, 0) is 48.5 Å². The van der Waals surface area contributed by atoms with Crippen molar-refractivity contribution in [2.75, 3.05) is 5.32 Å². The minimum atomic E-state index is -4.46. The Labute approximate surface area is 156 Å². The summed E-state index contributed by atoms with van der Waals surface area (Å²) in [4.78, 5) is 28.3. The number of carbonyl (C=O) groups is 1. The van der Waals surface area contributed by atoms with E-state index in [1.165, 1.54) is 36.7 Å². The van der Waals surface area contributed by atoms with Gasteiger partial charge in [0.05, 0.1) is 17.6 Å². The molecule has 0 radical (unpaired) electrons. The van der Waals surface area contributed by atoms with Gasteiger partial charge in [0.25, 0.3) is 5.56 Å². The van der Waals surface area contributed by atoms with Crippen LogP contribution in [0.5, 0.6) is 0 Å². The largest absolute Gasteiger partial charge is 0.416 e. The van der Waals surface area contributed by atoms with Gasteiger partial charge in [-0.2, -0.15) is 13.2 Å². The van der Waals surface area contributed by atoms with Crippen molar-refractivity contribution in [1.29, 1.82) is 0 Å². The van der Waals surface area contributed by atoms with Crippen molar-refractivity contribution in [2.45, 2.75) is 12.7 Å². The number of nitrogens with zero attached hydrogens (tertiary/aromatic N) is 2. The summed E-state index contributed by atoms with van der Waals surface area (Å²) in [5.74, 6) is -1.02. The number of alkyl halides is 3. The maximum absolute atomic E-state index is 13.0. The molecule has 0 aliphatic rings. The molecule has 1 N–H and O–H groups in total.